The molecule has 0 radical (unpaired) electrons. The van der Waals surface area contributed by atoms with Crippen LogP contribution in [0.2, 0.25) is 0 Å². The molecule has 0 aliphatic rings. The third-order valence-corrected chi connectivity index (χ3v) is 4.16. The zero-order valence-corrected chi connectivity index (χ0v) is 15.8. The Balaban J connectivity index is 1.56. The number of hydrogen-bond acceptors (Lipinski definition) is 4. The number of nitrogens with zero attached hydrogens (tertiary/aromatic N) is 1. The van der Waals surface area contributed by atoms with Crippen molar-refractivity contribution in [3.05, 3.63) is 84.4 Å². The summed E-state index contributed by atoms with van der Waals surface area (Å²) in [6, 6.07) is 25.1. The Labute approximate surface area is 164 Å². The number of amides is 1. The van der Waals surface area contributed by atoms with Gasteiger partial charge in [0.25, 0.3) is 5.91 Å². The van der Waals surface area contributed by atoms with Crippen molar-refractivity contribution in [1.29, 1.82) is 0 Å². The Bertz CT molecular complexity index is 938. The van der Waals surface area contributed by atoms with E-state index in [1.54, 1.807) is 14.0 Å². The minimum Gasteiger partial charge on any atom is -0.496 e. The monoisotopic (exact) mass is 374 g/mol. The van der Waals surface area contributed by atoms with E-state index in [1.807, 2.05) is 78.9 Å². The van der Waals surface area contributed by atoms with E-state index in [0.717, 1.165) is 16.7 Å². The predicted octanol–water partition coefficient (Wildman–Crippen LogP) is 4.28. The maximum atomic E-state index is 12.2. The second-order valence-corrected chi connectivity index (χ2v) is 6.13. The van der Waals surface area contributed by atoms with Gasteiger partial charge in [0.05, 0.1) is 13.3 Å². The zero-order chi connectivity index (χ0) is 19.8. The molecule has 0 aromatic heterocycles. The smallest absolute Gasteiger partial charge is 0.280 e. The highest BCUT2D eigenvalue weighted by molar-refractivity contribution is 5.86. The molecule has 1 atom stereocenters. The quantitative estimate of drug-likeness (QED) is 0.496. The Morgan fingerprint density at radius 1 is 0.929 bits per heavy atom. The molecular formula is C23H22N2O3. The van der Waals surface area contributed by atoms with Crippen LogP contribution in [-0.4, -0.2) is 25.3 Å². The van der Waals surface area contributed by atoms with Crippen LogP contribution in [0.5, 0.6) is 11.5 Å². The average Bonchev–Trinajstić information content (AvgIpc) is 2.75. The number of nitrogens with one attached hydrogen (secondary N) is 1. The van der Waals surface area contributed by atoms with E-state index in [-0.39, 0.29) is 5.91 Å². The van der Waals surface area contributed by atoms with Crippen LogP contribution in [0.25, 0.3) is 11.1 Å². The maximum absolute atomic E-state index is 12.2. The molecule has 3 rings (SSSR count). The Hall–Kier alpha value is -3.60. The molecule has 0 spiro atoms. The van der Waals surface area contributed by atoms with E-state index in [9.17, 15) is 4.79 Å². The molecule has 0 fully saturated rings. The molecule has 5 heteroatoms. The van der Waals surface area contributed by atoms with Gasteiger partial charge in [0.1, 0.15) is 11.5 Å². The number of carbonyl (C=O) groups excluding carboxylic acids is 1. The standard InChI is InChI=1S/C23H22N2O3/c1-17(23(26)25-24-16-20-10-6-7-11-22(20)27-2)28-21-14-12-19(13-15-21)18-8-4-3-5-9-18/h3-17H,1-2H3,(H,25,26)/b24-16-/t17-/m0/s1. The van der Waals surface area contributed by atoms with Crippen LogP contribution in [0.3, 0.4) is 0 Å². The number of benzene rings is 3. The van der Waals surface area contributed by atoms with Crippen molar-refractivity contribution in [2.75, 3.05) is 7.11 Å². The molecule has 1 amide bonds. The third kappa shape index (κ3) is 4.98. The fourth-order valence-corrected chi connectivity index (χ4v) is 2.64. The first-order chi connectivity index (χ1) is 13.7. The van der Waals surface area contributed by atoms with Gasteiger partial charge >= 0.3 is 0 Å². The van der Waals surface area contributed by atoms with Crippen LogP contribution >= 0.6 is 0 Å². The lowest BCUT2D eigenvalue weighted by Crippen LogP contribution is -2.33. The molecule has 5 nitrogen and oxygen atoms in total. The van der Waals surface area contributed by atoms with Gasteiger partial charge in [-0.2, -0.15) is 5.10 Å². The first-order valence-corrected chi connectivity index (χ1v) is 8.95. The van der Waals surface area contributed by atoms with Gasteiger partial charge in [-0.25, -0.2) is 5.43 Å². The maximum Gasteiger partial charge on any atom is 0.280 e. The fourth-order valence-electron chi connectivity index (χ4n) is 2.64. The van der Waals surface area contributed by atoms with E-state index in [1.165, 1.54) is 6.21 Å². The average molecular weight is 374 g/mol. The Kier molecular flexibility index (Phi) is 6.41. The molecule has 142 valence electrons. The van der Waals surface area contributed by atoms with Crippen molar-refractivity contribution in [3.63, 3.8) is 0 Å². The number of ether oxygens (including phenoxy) is 2. The SMILES string of the molecule is COc1ccccc1/C=N\NC(=O)[C@H](C)Oc1ccc(-c2ccccc2)cc1. The summed E-state index contributed by atoms with van der Waals surface area (Å²) in [6.45, 7) is 1.68. The molecule has 3 aromatic carbocycles. The number of hydrogen-bond donors (Lipinski definition) is 1. The summed E-state index contributed by atoms with van der Waals surface area (Å²) in [5.74, 6) is 0.970. The Morgan fingerprint density at radius 3 is 2.29 bits per heavy atom. The normalized spacial score (nSPS) is 11.8. The van der Waals surface area contributed by atoms with Gasteiger partial charge in [-0.1, -0.05) is 54.6 Å². The van der Waals surface area contributed by atoms with Crippen LogP contribution in [0.4, 0.5) is 0 Å². The highest BCUT2D eigenvalue weighted by atomic mass is 16.5. The summed E-state index contributed by atoms with van der Waals surface area (Å²) in [6.07, 6.45) is 0.857. The lowest BCUT2D eigenvalue weighted by Gasteiger charge is -2.13. The van der Waals surface area contributed by atoms with Crippen LogP contribution in [0, 0.1) is 0 Å². The molecule has 0 saturated carbocycles. The summed E-state index contributed by atoms with van der Waals surface area (Å²) in [5, 5.41) is 3.98. The Morgan fingerprint density at radius 2 is 1.57 bits per heavy atom. The number of rotatable bonds is 7. The summed E-state index contributed by atoms with van der Waals surface area (Å²) >= 11 is 0. The van der Waals surface area contributed by atoms with Crippen LogP contribution in [0.15, 0.2) is 84.0 Å². The van der Waals surface area contributed by atoms with E-state index in [2.05, 4.69) is 10.5 Å². The fraction of sp³-hybridized carbons (Fsp3) is 0.130. The van der Waals surface area contributed by atoms with E-state index in [0.29, 0.717) is 11.5 Å². The number of hydrazone groups is 1. The van der Waals surface area contributed by atoms with Gasteiger partial charge in [0.2, 0.25) is 0 Å². The first-order valence-electron chi connectivity index (χ1n) is 8.95. The number of carbonyl (C=O) groups is 1. The lowest BCUT2D eigenvalue weighted by molar-refractivity contribution is -0.127. The summed E-state index contributed by atoms with van der Waals surface area (Å²) < 4.78 is 10.9. The molecule has 0 heterocycles. The van der Waals surface area contributed by atoms with Gasteiger partial charge in [0, 0.05) is 5.56 Å². The van der Waals surface area contributed by atoms with Crippen molar-refractivity contribution in [1.82, 2.24) is 5.43 Å². The van der Waals surface area contributed by atoms with Crippen molar-refractivity contribution < 1.29 is 14.3 Å². The third-order valence-electron chi connectivity index (χ3n) is 4.16. The number of methoxy groups -OCH3 is 1. The minimum atomic E-state index is -0.683. The van der Waals surface area contributed by atoms with Gasteiger partial charge in [-0.05, 0) is 42.3 Å². The van der Waals surface area contributed by atoms with Gasteiger partial charge in [-0.15, -0.1) is 0 Å². The lowest BCUT2D eigenvalue weighted by atomic mass is 10.1. The summed E-state index contributed by atoms with van der Waals surface area (Å²) in [4.78, 5) is 12.2. The largest absolute Gasteiger partial charge is 0.496 e. The van der Waals surface area contributed by atoms with Crippen LogP contribution in [-0.2, 0) is 4.79 Å². The van der Waals surface area contributed by atoms with Crippen molar-refractivity contribution in [2.24, 2.45) is 5.10 Å². The highest BCUT2D eigenvalue weighted by Crippen LogP contribution is 2.22. The minimum absolute atomic E-state index is 0.335. The predicted molar refractivity (Wildman–Crippen MR) is 111 cm³/mol. The van der Waals surface area contributed by atoms with E-state index >= 15 is 0 Å². The molecule has 28 heavy (non-hydrogen) atoms. The summed E-state index contributed by atoms with van der Waals surface area (Å²) in [5.41, 5.74) is 5.48. The van der Waals surface area contributed by atoms with Gasteiger partial charge in [-0.3, -0.25) is 4.79 Å². The summed E-state index contributed by atoms with van der Waals surface area (Å²) in [7, 11) is 1.59. The topological polar surface area (TPSA) is 59.9 Å². The van der Waals surface area contributed by atoms with Gasteiger partial charge in [0.15, 0.2) is 6.10 Å². The highest BCUT2D eigenvalue weighted by Gasteiger charge is 2.14. The first kappa shape index (κ1) is 19.2. The van der Waals surface area contributed by atoms with Crippen molar-refractivity contribution in [2.45, 2.75) is 13.0 Å². The van der Waals surface area contributed by atoms with Crippen LogP contribution < -0.4 is 14.9 Å². The van der Waals surface area contributed by atoms with E-state index < -0.39 is 6.10 Å². The molecular weight excluding hydrogens is 352 g/mol. The van der Waals surface area contributed by atoms with Crippen molar-refractivity contribution in [3.8, 4) is 22.6 Å². The van der Waals surface area contributed by atoms with E-state index in [4.69, 9.17) is 9.47 Å². The molecule has 1 N–H and O–H groups in total. The van der Waals surface area contributed by atoms with Crippen molar-refractivity contribution >= 4 is 12.1 Å². The molecule has 0 bridgehead atoms. The number of para-hydroxylation sites is 1. The molecule has 0 unspecified atom stereocenters. The van der Waals surface area contributed by atoms with Crippen LogP contribution in [0.1, 0.15) is 12.5 Å². The molecule has 0 saturated heterocycles. The second-order valence-electron chi connectivity index (χ2n) is 6.13. The van der Waals surface area contributed by atoms with Gasteiger partial charge < -0.3 is 9.47 Å². The molecule has 0 aliphatic carbocycles. The molecule has 0 aliphatic heterocycles. The zero-order valence-electron chi connectivity index (χ0n) is 15.8. The molecule has 3 aromatic rings. The second kappa shape index (κ2) is 9.37.